The van der Waals surface area contributed by atoms with Gasteiger partial charge in [-0.25, -0.2) is 0 Å². The Morgan fingerprint density at radius 2 is 1.58 bits per heavy atom. The molecule has 1 aromatic carbocycles. The molecular weight excluding hydrogens is 178 g/mol. The highest BCUT2D eigenvalue weighted by Gasteiger charge is 2.10. The first-order chi connectivity index (χ1) is 5.69. The lowest BCUT2D eigenvalue weighted by Crippen LogP contribution is -2.41. The highest BCUT2D eigenvalue weighted by molar-refractivity contribution is 6.31. The zero-order valence-corrected chi connectivity index (χ0v) is 7.81. The molecule has 0 aliphatic carbocycles. The molecule has 0 heterocycles. The average Bonchev–Trinajstić information content (AvgIpc) is 2.08. The van der Waals surface area contributed by atoms with E-state index in [2.05, 4.69) is 5.73 Å². The minimum atomic E-state index is 0.580. The maximum Gasteiger partial charge on any atom is 0.212 e. The normalized spacial score (nSPS) is 9.67. The van der Waals surface area contributed by atoms with Crippen LogP contribution in [0.4, 0.5) is 5.69 Å². The summed E-state index contributed by atoms with van der Waals surface area (Å²) in [6.07, 6.45) is 0. The van der Waals surface area contributed by atoms with Crippen molar-refractivity contribution in [2.24, 2.45) is 0 Å². The first-order valence-electron chi connectivity index (χ1n) is 3.42. The van der Waals surface area contributed by atoms with Gasteiger partial charge in [-0.2, -0.15) is 0 Å². The van der Waals surface area contributed by atoms with Gasteiger partial charge in [-0.3, -0.25) is 0 Å². The zero-order chi connectivity index (χ0) is 9.14. The molecule has 4 heteroatoms. The van der Waals surface area contributed by atoms with E-state index in [-0.39, 0.29) is 0 Å². The molecule has 0 spiro atoms. The van der Waals surface area contributed by atoms with Crippen LogP contribution in [0.25, 0.3) is 0 Å². The molecule has 0 saturated heterocycles. The van der Waals surface area contributed by atoms with Gasteiger partial charge < -0.3 is 15.2 Å². The van der Waals surface area contributed by atoms with Gasteiger partial charge in [0.25, 0.3) is 0 Å². The summed E-state index contributed by atoms with van der Waals surface area (Å²) < 4.78 is 10.1. The second-order valence-electron chi connectivity index (χ2n) is 2.29. The predicted octanol–water partition coefficient (Wildman–Crippen LogP) is 1.23. The Balaban J connectivity index is 3.22. The number of hydrogen-bond donors (Lipinski definition) is 1. The molecule has 0 amide bonds. The molecule has 12 heavy (non-hydrogen) atoms. The minimum Gasteiger partial charge on any atom is -0.491 e. The smallest absolute Gasteiger partial charge is 0.212 e. The molecule has 0 bridgehead atoms. The highest BCUT2D eigenvalue weighted by Crippen LogP contribution is 2.33. The molecule has 3 N–H and O–H groups in total. The lowest BCUT2D eigenvalue weighted by molar-refractivity contribution is -0.258. The third kappa shape index (κ3) is 1.62. The van der Waals surface area contributed by atoms with Gasteiger partial charge >= 0.3 is 0 Å². The van der Waals surface area contributed by atoms with E-state index in [1.807, 2.05) is 0 Å². The van der Waals surface area contributed by atoms with Crippen LogP contribution in [-0.4, -0.2) is 14.2 Å². The van der Waals surface area contributed by atoms with Crippen molar-refractivity contribution in [3.8, 4) is 11.5 Å². The Morgan fingerprint density at radius 1 is 1.17 bits per heavy atom. The van der Waals surface area contributed by atoms with Crippen molar-refractivity contribution >= 4 is 17.3 Å². The summed E-state index contributed by atoms with van der Waals surface area (Å²) in [5, 5.41) is 0.580. The molecule has 0 radical (unpaired) electrons. The fraction of sp³-hybridized carbons (Fsp3) is 0.250. The van der Waals surface area contributed by atoms with Crippen molar-refractivity contribution in [1.82, 2.24) is 0 Å². The van der Waals surface area contributed by atoms with Crippen LogP contribution in [0.15, 0.2) is 12.1 Å². The Labute approximate surface area is 76.0 Å². The fourth-order valence-corrected chi connectivity index (χ4v) is 1.15. The fourth-order valence-electron chi connectivity index (χ4n) is 0.952. The third-order valence-corrected chi connectivity index (χ3v) is 1.79. The van der Waals surface area contributed by atoms with Crippen LogP contribution in [0.3, 0.4) is 0 Å². The molecule has 0 unspecified atom stereocenters. The Hall–Kier alpha value is -0.930. The molecule has 0 saturated carbocycles. The number of hydrogen-bond acceptors (Lipinski definition) is 2. The van der Waals surface area contributed by atoms with Crippen LogP contribution in [0.5, 0.6) is 11.5 Å². The van der Waals surface area contributed by atoms with Crippen molar-refractivity contribution in [3.05, 3.63) is 17.2 Å². The van der Waals surface area contributed by atoms with Crippen LogP contribution in [0, 0.1) is 0 Å². The number of methoxy groups -OCH3 is 2. The molecule has 3 nitrogen and oxygen atoms in total. The monoisotopic (exact) mass is 188 g/mol. The second kappa shape index (κ2) is 3.65. The van der Waals surface area contributed by atoms with Crippen LogP contribution < -0.4 is 15.2 Å². The van der Waals surface area contributed by atoms with Crippen molar-refractivity contribution in [2.75, 3.05) is 14.2 Å². The minimum absolute atomic E-state index is 0.580. The van der Waals surface area contributed by atoms with Crippen LogP contribution >= 0.6 is 11.6 Å². The van der Waals surface area contributed by atoms with E-state index in [1.165, 1.54) is 0 Å². The topological polar surface area (TPSA) is 46.1 Å². The largest absolute Gasteiger partial charge is 0.491 e. The molecule has 1 aromatic rings. The van der Waals surface area contributed by atoms with E-state index in [0.717, 1.165) is 0 Å². The summed E-state index contributed by atoms with van der Waals surface area (Å²) in [6.45, 7) is 0. The number of benzene rings is 1. The summed E-state index contributed by atoms with van der Waals surface area (Å²) in [6, 6.07) is 3.40. The van der Waals surface area contributed by atoms with Crippen molar-refractivity contribution in [1.29, 1.82) is 0 Å². The molecule has 0 atom stereocenters. The molecule has 0 aliphatic rings. The molecule has 0 fully saturated rings. The maximum atomic E-state index is 5.79. The molecule has 0 aromatic heterocycles. The number of ether oxygens (including phenoxy) is 2. The molecule has 66 valence electrons. The van der Waals surface area contributed by atoms with Gasteiger partial charge in [0.15, 0.2) is 11.5 Å². The number of quaternary nitrogens is 1. The van der Waals surface area contributed by atoms with Gasteiger partial charge in [0.2, 0.25) is 5.69 Å². The Bertz CT molecular complexity index is 263. The van der Waals surface area contributed by atoms with Crippen molar-refractivity contribution in [2.45, 2.75) is 0 Å². The van der Waals surface area contributed by atoms with Gasteiger partial charge in [-0.05, 0) is 0 Å². The second-order valence-corrected chi connectivity index (χ2v) is 2.73. The summed E-state index contributed by atoms with van der Waals surface area (Å²) in [5.74, 6) is 1.28. The number of rotatable bonds is 2. The standard InChI is InChI=1S/C8H10ClNO2/c1-11-6-3-5(9)4-7(12-2)8(6)10/h3-4H,10H2,1-2H3/p+1. The van der Waals surface area contributed by atoms with E-state index >= 15 is 0 Å². The maximum absolute atomic E-state index is 5.79. The van der Waals surface area contributed by atoms with E-state index in [9.17, 15) is 0 Å². The number of halogens is 1. The van der Waals surface area contributed by atoms with Crippen molar-refractivity contribution in [3.63, 3.8) is 0 Å². The highest BCUT2D eigenvalue weighted by atomic mass is 35.5. The van der Waals surface area contributed by atoms with Crippen LogP contribution in [0.1, 0.15) is 0 Å². The van der Waals surface area contributed by atoms with Crippen LogP contribution in [-0.2, 0) is 0 Å². The van der Waals surface area contributed by atoms with Gasteiger partial charge in [-0.15, -0.1) is 0 Å². The summed E-state index contributed by atoms with van der Waals surface area (Å²) >= 11 is 5.79. The first-order valence-corrected chi connectivity index (χ1v) is 3.80. The van der Waals surface area contributed by atoms with Gasteiger partial charge in [-0.1, -0.05) is 11.6 Å². The first kappa shape index (κ1) is 9.16. The van der Waals surface area contributed by atoms with E-state index in [4.69, 9.17) is 21.1 Å². The molecule has 1 rings (SSSR count). The molecular formula is C8H11ClNO2+. The third-order valence-electron chi connectivity index (χ3n) is 1.57. The van der Waals surface area contributed by atoms with Crippen molar-refractivity contribution < 1.29 is 15.2 Å². The van der Waals surface area contributed by atoms with Gasteiger partial charge in [0.1, 0.15) is 0 Å². The van der Waals surface area contributed by atoms with E-state index in [0.29, 0.717) is 22.2 Å². The average molecular weight is 189 g/mol. The zero-order valence-electron chi connectivity index (χ0n) is 7.06. The Kier molecular flexibility index (Phi) is 2.78. The summed E-state index contributed by atoms with van der Waals surface area (Å²) in [4.78, 5) is 0. The predicted molar refractivity (Wildman–Crippen MR) is 47.1 cm³/mol. The lowest BCUT2D eigenvalue weighted by Gasteiger charge is -2.06. The quantitative estimate of drug-likeness (QED) is 0.759. The van der Waals surface area contributed by atoms with Crippen LogP contribution in [0.2, 0.25) is 5.02 Å². The van der Waals surface area contributed by atoms with Gasteiger partial charge in [0, 0.05) is 17.2 Å². The van der Waals surface area contributed by atoms with Gasteiger partial charge in [0.05, 0.1) is 14.2 Å². The Morgan fingerprint density at radius 3 is 1.92 bits per heavy atom. The molecule has 0 aliphatic heterocycles. The van der Waals surface area contributed by atoms with E-state index < -0.39 is 0 Å². The van der Waals surface area contributed by atoms with E-state index in [1.54, 1.807) is 26.4 Å². The summed E-state index contributed by atoms with van der Waals surface area (Å²) in [5.41, 5.74) is 4.51. The summed E-state index contributed by atoms with van der Waals surface area (Å²) in [7, 11) is 3.14. The lowest BCUT2D eigenvalue weighted by atomic mass is 10.3. The SMILES string of the molecule is COc1cc(Cl)cc(OC)c1[NH3+].